The van der Waals surface area contributed by atoms with E-state index in [1.54, 1.807) is 0 Å². The van der Waals surface area contributed by atoms with Gasteiger partial charge in [0.05, 0.1) is 12.2 Å². The molecule has 2 N–H and O–H groups in total. The van der Waals surface area contributed by atoms with E-state index < -0.39 is 0 Å². The highest BCUT2D eigenvalue weighted by atomic mass is 16.5. The van der Waals surface area contributed by atoms with Gasteiger partial charge in [-0.15, -0.1) is 0 Å². The summed E-state index contributed by atoms with van der Waals surface area (Å²) in [5, 5.41) is 0. The Kier molecular flexibility index (Phi) is 4.39. The monoisotopic (exact) mass is 199 g/mol. The maximum atomic E-state index is 5.95. The summed E-state index contributed by atoms with van der Waals surface area (Å²) in [6.45, 7) is 8.76. The van der Waals surface area contributed by atoms with Crippen molar-refractivity contribution < 1.29 is 4.74 Å². The number of hydrogen-bond donors (Lipinski definition) is 1. The van der Waals surface area contributed by atoms with Crippen LogP contribution in [0.1, 0.15) is 47.0 Å². The van der Waals surface area contributed by atoms with Gasteiger partial charge in [-0.2, -0.15) is 0 Å². The first-order valence-electron chi connectivity index (χ1n) is 5.91. The van der Waals surface area contributed by atoms with Crippen molar-refractivity contribution in [3.63, 3.8) is 0 Å². The van der Waals surface area contributed by atoms with Crippen LogP contribution in [0.4, 0.5) is 0 Å². The summed E-state index contributed by atoms with van der Waals surface area (Å²) in [5.74, 6) is 1.66. The lowest BCUT2D eigenvalue weighted by Crippen LogP contribution is -2.37. The smallest absolute Gasteiger partial charge is 0.0698 e. The molecule has 14 heavy (non-hydrogen) atoms. The highest BCUT2D eigenvalue weighted by molar-refractivity contribution is 4.77. The molecule has 0 spiro atoms. The van der Waals surface area contributed by atoms with Crippen LogP contribution in [0.3, 0.4) is 0 Å². The molecular formula is C12H25NO. The summed E-state index contributed by atoms with van der Waals surface area (Å²) in [6.07, 6.45) is 4.36. The Morgan fingerprint density at radius 1 is 1.14 bits per heavy atom. The van der Waals surface area contributed by atoms with Crippen molar-refractivity contribution in [2.75, 3.05) is 0 Å². The van der Waals surface area contributed by atoms with Crippen LogP contribution in [0.15, 0.2) is 0 Å². The average Bonchev–Trinajstić information content (AvgIpc) is 2.11. The highest BCUT2D eigenvalue weighted by Crippen LogP contribution is 2.31. The van der Waals surface area contributed by atoms with Gasteiger partial charge in [0.15, 0.2) is 0 Å². The Bertz CT molecular complexity index is 170. The summed E-state index contributed by atoms with van der Waals surface area (Å²) in [7, 11) is 0. The molecule has 1 saturated carbocycles. The maximum absolute atomic E-state index is 5.95. The Labute approximate surface area is 88.2 Å². The van der Waals surface area contributed by atoms with E-state index in [9.17, 15) is 0 Å². The third kappa shape index (κ3) is 3.25. The van der Waals surface area contributed by atoms with Crippen molar-refractivity contribution in [1.82, 2.24) is 0 Å². The van der Waals surface area contributed by atoms with Gasteiger partial charge < -0.3 is 10.5 Å². The van der Waals surface area contributed by atoms with E-state index in [2.05, 4.69) is 20.8 Å². The Morgan fingerprint density at radius 3 is 2.29 bits per heavy atom. The second-order valence-electron chi connectivity index (χ2n) is 5.09. The van der Waals surface area contributed by atoms with Gasteiger partial charge >= 0.3 is 0 Å². The standard InChI is InChI=1S/C12H25NO/c1-8-5-6-12(7-9(8)2)14-11(4)10(3)13/h8-12H,5-7,13H2,1-4H3/t8?,9?,10-,11?,12?/m1/s1. The van der Waals surface area contributed by atoms with E-state index in [1.807, 2.05) is 6.92 Å². The molecule has 0 aliphatic heterocycles. The van der Waals surface area contributed by atoms with Crippen molar-refractivity contribution >= 4 is 0 Å². The number of rotatable bonds is 3. The first-order chi connectivity index (χ1) is 6.50. The normalized spacial score (nSPS) is 37.9. The number of nitrogens with two attached hydrogens (primary N) is 1. The van der Waals surface area contributed by atoms with Crippen molar-refractivity contribution in [2.45, 2.75) is 65.2 Å². The van der Waals surface area contributed by atoms with Crippen LogP contribution < -0.4 is 5.73 Å². The zero-order chi connectivity index (χ0) is 10.7. The lowest BCUT2D eigenvalue weighted by atomic mass is 9.80. The van der Waals surface area contributed by atoms with Gasteiger partial charge in [-0.05, 0) is 44.9 Å². The van der Waals surface area contributed by atoms with Crippen LogP contribution in [0.2, 0.25) is 0 Å². The van der Waals surface area contributed by atoms with Gasteiger partial charge in [0.25, 0.3) is 0 Å². The van der Waals surface area contributed by atoms with E-state index in [0.717, 1.165) is 11.8 Å². The zero-order valence-electron chi connectivity index (χ0n) is 9.99. The second-order valence-corrected chi connectivity index (χ2v) is 5.09. The van der Waals surface area contributed by atoms with Gasteiger partial charge in [-0.25, -0.2) is 0 Å². The number of ether oxygens (including phenoxy) is 1. The van der Waals surface area contributed by atoms with E-state index in [1.165, 1.54) is 19.3 Å². The molecule has 1 rings (SSSR count). The molecule has 84 valence electrons. The van der Waals surface area contributed by atoms with Gasteiger partial charge in [0.1, 0.15) is 0 Å². The average molecular weight is 199 g/mol. The molecule has 1 fully saturated rings. The Balaban J connectivity index is 2.33. The van der Waals surface area contributed by atoms with Crippen LogP contribution in [0.25, 0.3) is 0 Å². The largest absolute Gasteiger partial charge is 0.374 e. The van der Waals surface area contributed by atoms with Gasteiger partial charge in [0.2, 0.25) is 0 Å². The molecule has 0 amide bonds. The van der Waals surface area contributed by atoms with Crippen molar-refractivity contribution in [1.29, 1.82) is 0 Å². The predicted molar refractivity (Wildman–Crippen MR) is 60.2 cm³/mol. The fourth-order valence-corrected chi connectivity index (χ4v) is 2.05. The first-order valence-corrected chi connectivity index (χ1v) is 5.91. The second kappa shape index (κ2) is 5.13. The van der Waals surface area contributed by atoms with Crippen LogP contribution in [-0.2, 0) is 4.74 Å². The van der Waals surface area contributed by atoms with E-state index >= 15 is 0 Å². The predicted octanol–water partition coefficient (Wildman–Crippen LogP) is 2.56. The van der Waals surface area contributed by atoms with E-state index in [-0.39, 0.29) is 12.1 Å². The van der Waals surface area contributed by atoms with Crippen LogP contribution in [0, 0.1) is 11.8 Å². The van der Waals surface area contributed by atoms with Crippen LogP contribution in [0.5, 0.6) is 0 Å². The number of hydrogen-bond acceptors (Lipinski definition) is 2. The molecule has 4 unspecified atom stereocenters. The summed E-state index contributed by atoms with van der Waals surface area (Å²) < 4.78 is 5.95. The van der Waals surface area contributed by atoms with Gasteiger partial charge in [-0.1, -0.05) is 13.8 Å². The van der Waals surface area contributed by atoms with Crippen molar-refractivity contribution in [2.24, 2.45) is 17.6 Å². The SMILES string of the molecule is CC1CCC(OC(C)[C@@H](C)N)CC1C. The summed E-state index contributed by atoms with van der Waals surface area (Å²) >= 11 is 0. The lowest BCUT2D eigenvalue weighted by molar-refractivity contribution is -0.0466. The highest BCUT2D eigenvalue weighted by Gasteiger charge is 2.26. The van der Waals surface area contributed by atoms with E-state index in [4.69, 9.17) is 10.5 Å². The lowest BCUT2D eigenvalue weighted by Gasteiger charge is -2.34. The minimum absolute atomic E-state index is 0.143. The van der Waals surface area contributed by atoms with E-state index in [0.29, 0.717) is 6.10 Å². The van der Waals surface area contributed by atoms with Gasteiger partial charge in [0, 0.05) is 6.04 Å². The van der Waals surface area contributed by atoms with Crippen LogP contribution in [-0.4, -0.2) is 18.2 Å². The molecule has 0 saturated heterocycles. The molecule has 0 aromatic rings. The fourth-order valence-electron chi connectivity index (χ4n) is 2.05. The van der Waals surface area contributed by atoms with Gasteiger partial charge in [-0.3, -0.25) is 0 Å². The minimum atomic E-state index is 0.143. The summed E-state index contributed by atoms with van der Waals surface area (Å²) in [5.41, 5.74) is 5.79. The quantitative estimate of drug-likeness (QED) is 0.758. The fraction of sp³-hybridized carbons (Fsp3) is 1.00. The van der Waals surface area contributed by atoms with Crippen molar-refractivity contribution in [3.05, 3.63) is 0 Å². The Morgan fingerprint density at radius 2 is 1.79 bits per heavy atom. The topological polar surface area (TPSA) is 35.2 Å². The Hall–Kier alpha value is -0.0800. The summed E-state index contributed by atoms with van der Waals surface area (Å²) in [6, 6.07) is 0.143. The molecule has 1 aliphatic carbocycles. The molecule has 0 aromatic heterocycles. The van der Waals surface area contributed by atoms with Crippen LogP contribution >= 0.6 is 0 Å². The maximum Gasteiger partial charge on any atom is 0.0698 e. The molecule has 5 atom stereocenters. The molecule has 0 radical (unpaired) electrons. The van der Waals surface area contributed by atoms with Crippen molar-refractivity contribution in [3.8, 4) is 0 Å². The third-order valence-electron chi connectivity index (χ3n) is 3.70. The molecule has 2 heteroatoms. The zero-order valence-corrected chi connectivity index (χ0v) is 9.99. The molecular weight excluding hydrogens is 174 g/mol. The molecule has 0 bridgehead atoms. The third-order valence-corrected chi connectivity index (χ3v) is 3.70. The molecule has 2 nitrogen and oxygen atoms in total. The molecule has 1 aliphatic rings. The molecule has 0 heterocycles. The summed E-state index contributed by atoms with van der Waals surface area (Å²) in [4.78, 5) is 0. The minimum Gasteiger partial charge on any atom is -0.374 e. The molecule has 0 aromatic carbocycles. The first kappa shape index (κ1) is 12.0.